The highest BCUT2D eigenvalue weighted by atomic mass is 32.1. The maximum atomic E-state index is 6.97. The molecule has 3 aromatic heterocycles. The fourth-order valence-electron chi connectivity index (χ4n) is 10.3. The maximum Gasteiger partial charge on any atom is 0.244 e. The van der Waals surface area contributed by atoms with Crippen molar-refractivity contribution in [1.82, 2.24) is 4.57 Å². The summed E-state index contributed by atoms with van der Waals surface area (Å²) >= 11 is 1.89. The first kappa shape index (κ1) is 36.8. The molecular formula is C54H53BN2OS. The van der Waals surface area contributed by atoms with Gasteiger partial charge in [0.15, 0.2) is 0 Å². The number of fused-ring (bicyclic) bond motifs is 11. The summed E-state index contributed by atoms with van der Waals surface area (Å²) in [5.41, 5.74) is 17.7. The molecule has 1 aliphatic heterocycles. The van der Waals surface area contributed by atoms with Crippen molar-refractivity contribution in [3.05, 3.63) is 125 Å². The largest absolute Gasteiger partial charge is 0.469 e. The van der Waals surface area contributed by atoms with Gasteiger partial charge in [0.05, 0.1) is 16.9 Å². The van der Waals surface area contributed by atoms with E-state index in [1.165, 1.54) is 98.3 Å². The average Bonchev–Trinajstić information content (AvgIpc) is 3.84. The molecule has 0 spiro atoms. The maximum absolute atomic E-state index is 6.97. The van der Waals surface area contributed by atoms with Gasteiger partial charge in [-0.25, -0.2) is 0 Å². The van der Waals surface area contributed by atoms with E-state index in [1.54, 1.807) is 0 Å². The number of rotatable bonds is 3. The van der Waals surface area contributed by atoms with Crippen molar-refractivity contribution >= 4 is 94.1 Å². The first-order valence-electron chi connectivity index (χ1n) is 21.5. The van der Waals surface area contributed by atoms with Gasteiger partial charge in [-0.3, -0.25) is 0 Å². The molecule has 59 heavy (non-hydrogen) atoms. The Bertz CT molecular complexity index is 3230. The fourth-order valence-corrected chi connectivity index (χ4v) is 11.5. The average molecular weight is 789 g/mol. The predicted octanol–water partition coefficient (Wildman–Crippen LogP) is 14.0. The van der Waals surface area contributed by atoms with Gasteiger partial charge in [-0.05, 0) is 122 Å². The lowest BCUT2D eigenvalue weighted by atomic mass is 9.60. The standard InChI is InChI=1S/C54H53BN2OS/c1-51(2,3)30-15-18-32(19-16-30)56-42-28-41-40(53(7,8)23-24-54(41,9)10)27-36(42)34-20-21-35-37-26-38-33-13-11-12-14-45(33)59-46(38)29-43(37)57-48(35)47(34)55-50-49(57)39-25-31(52(4,5)6)17-22-44(39)58-50/h11-22,25-29,55-56H,23-24H2,1-10H3. The van der Waals surface area contributed by atoms with Crippen LogP contribution in [-0.2, 0) is 21.7 Å². The summed E-state index contributed by atoms with van der Waals surface area (Å²) in [6.07, 6.45) is 2.33. The van der Waals surface area contributed by atoms with Crippen molar-refractivity contribution in [2.45, 2.75) is 104 Å². The van der Waals surface area contributed by atoms with Crippen LogP contribution in [0.3, 0.4) is 0 Å². The number of hydrogen-bond donors (Lipinski definition) is 1. The number of anilines is 2. The zero-order valence-corrected chi connectivity index (χ0v) is 37.0. The second-order valence-electron chi connectivity index (χ2n) is 21.0. The zero-order chi connectivity index (χ0) is 41.0. The number of benzene rings is 6. The molecule has 1 N–H and O–H groups in total. The van der Waals surface area contributed by atoms with Crippen molar-refractivity contribution in [3.63, 3.8) is 0 Å². The lowest BCUT2D eigenvalue weighted by Crippen LogP contribution is -2.36. The van der Waals surface area contributed by atoms with Crippen molar-refractivity contribution in [2.75, 3.05) is 5.32 Å². The van der Waals surface area contributed by atoms with E-state index in [4.69, 9.17) is 4.42 Å². The summed E-state index contributed by atoms with van der Waals surface area (Å²) in [6.45, 7) is 23.5. The lowest BCUT2D eigenvalue weighted by Gasteiger charge is -2.42. The molecule has 11 rings (SSSR count). The van der Waals surface area contributed by atoms with Gasteiger partial charge >= 0.3 is 0 Å². The third-order valence-electron chi connectivity index (χ3n) is 14.0. The quantitative estimate of drug-likeness (QED) is 0.181. The van der Waals surface area contributed by atoms with E-state index < -0.39 is 0 Å². The fraction of sp³-hybridized carbons (Fsp3) is 0.296. The van der Waals surface area contributed by atoms with Gasteiger partial charge in [0, 0.05) is 58.8 Å². The molecule has 5 heteroatoms. The second-order valence-corrected chi connectivity index (χ2v) is 22.0. The van der Waals surface area contributed by atoms with E-state index in [2.05, 4.69) is 182 Å². The summed E-state index contributed by atoms with van der Waals surface area (Å²) in [5, 5.41) is 10.4. The Kier molecular flexibility index (Phi) is 7.59. The van der Waals surface area contributed by atoms with Gasteiger partial charge in [0.2, 0.25) is 7.28 Å². The Morgan fingerprint density at radius 3 is 2.05 bits per heavy atom. The van der Waals surface area contributed by atoms with Crippen LogP contribution in [0, 0.1) is 0 Å². The van der Waals surface area contributed by atoms with Crippen LogP contribution in [-0.4, -0.2) is 11.8 Å². The van der Waals surface area contributed by atoms with Crippen molar-refractivity contribution in [1.29, 1.82) is 0 Å². The van der Waals surface area contributed by atoms with Gasteiger partial charge in [-0.1, -0.05) is 118 Å². The minimum absolute atomic E-state index is 0.0145. The monoisotopic (exact) mass is 788 g/mol. The molecular weight excluding hydrogens is 735 g/mol. The minimum Gasteiger partial charge on any atom is -0.469 e. The minimum atomic E-state index is 0.0145. The van der Waals surface area contributed by atoms with Crippen LogP contribution in [0.4, 0.5) is 11.4 Å². The molecule has 0 saturated carbocycles. The third-order valence-corrected chi connectivity index (χ3v) is 15.1. The van der Waals surface area contributed by atoms with Crippen LogP contribution in [0.25, 0.3) is 69.8 Å². The van der Waals surface area contributed by atoms with Gasteiger partial charge in [0.25, 0.3) is 0 Å². The molecule has 6 aromatic carbocycles. The van der Waals surface area contributed by atoms with Crippen LogP contribution >= 0.6 is 11.3 Å². The van der Waals surface area contributed by atoms with Crippen molar-refractivity contribution in [2.24, 2.45) is 0 Å². The van der Waals surface area contributed by atoms with Crippen LogP contribution < -0.4 is 16.4 Å². The van der Waals surface area contributed by atoms with Gasteiger partial charge in [0.1, 0.15) is 5.58 Å². The highest BCUT2D eigenvalue weighted by molar-refractivity contribution is 7.25. The molecule has 1 aliphatic carbocycles. The smallest absolute Gasteiger partial charge is 0.244 e. The summed E-state index contributed by atoms with van der Waals surface area (Å²) in [7, 11) is 0.723. The summed E-state index contributed by atoms with van der Waals surface area (Å²) in [5.74, 6) is 0. The van der Waals surface area contributed by atoms with E-state index in [0.29, 0.717) is 0 Å². The molecule has 0 bridgehead atoms. The number of hydrogen-bond acceptors (Lipinski definition) is 3. The predicted molar refractivity (Wildman–Crippen MR) is 258 cm³/mol. The third kappa shape index (κ3) is 5.53. The number of furan rings is 1. The molecule has 0 saturated heterocycles. The van der Waals surface area contributed by atoms with Gasteiger partial charge in [-0.2, -0.15) is 0 Å². The first-order valence-corrected chi connectivity index (χ1v) is 22.3. The van der Waals surface area contributed by atoms with E-state index >= 15 is 0 Å². The molecule has 0 unspecified atom stereocenters. The number of nitrogens with one attached hydrogen (secondary N) is 1. The Morgan fingerprint density at radius 2 is 1.32 bits per heavy atom. The number of nitrogens with zero attached hydrogens (tertiary/aromatic N) is 1. The SMILES string of the molecule is CC(C)(C)c1ccc(Nc2cc3c(cc2-c2ccc4c5cc6c(cc5n5c4c2Bc2oc4ccc(C(C)(C)C)cc4c2-5)sc2ccccc26)C(C)(C)CCC3(C)C)cc1. The van der Waals surface area contributed by atoms with Crippen molar-refractivity contribution < 1.29 is 4.42 Å². The van der Waals surface area contributed by atoms with Crippen LogP contribution in [0.2, 0.25) is 0 Å². The molecule has 9 aromatic rings. The van der Waals surface area contributed by atoms with Crippen molar-refractivity contribution in [3.8, 4) is 16.8 Å². The van der Waals surface area contributed by atoms with Crippen LogP contribution in [0.5, 0.6) is 0 Å². The molecule has 4 heterocycles. The topological polar surface area (TPSA) is 30.1 Å². The van der Waals surface area contributed by atoms with E-state index in [1.807, 2.05) is 11.3 Å². The summed E-state index contributed by atoms with van der Waals surface area (Å²) in [6, 6.07) is 39.6. The Labute approximate surface area is 352 Å². The molecule has 294 valence electrons. The molecule has 0 atom stereocenters. The lowest BCUT2D eigenvalue weighted by molar-refractivity contribution is 0.332. The second kappa shape index (κ2) is 12.2. The first-order chi connectivity index (χ1) is 28.0. The Morgan fingerprint density at radius 1 is 0.627 bits per heavy atom. The molecule has 0 amide bonds. The van der Waals surface area contributed by atoms with Crippen LogP contribution in [0.15, 0.2) is 108 Å². The number of thiophene rings is 1. The van der Waals surface area contributed by atoms with E-state index in [0.717, 1.165) is 36.3 Å². The van der Waals surface area contributed by atoms with Crippen LogP contribution in [0.1, 0.15) is 104 Å². The molecule has 3 nitrogen and oxygen atoms in total. The van der Waals surface area contributed by atoms with E-state index in [-0.39, 0.29) is 21.7 Å². The van der Waals surface area contributed by atoms with Gasteiger partial charge in [-0.15, -0.1) is 11.3 Å². The highest BCUT2D eigenvalue weighted by Gasteiger charge is 2.39. The van der Waals surface area contributed by atoms with E-state index in [9.17, 15) is 0 Å². The number of aromatic nitrogens is 1. The highest BCUT2D eigenvalue weighted by Crippen LogP contribution is 2.50. The summed E-state index contributed by atoms with van der Waals surface area (Å²) < 4.78 is 12.2. The normalized spacial score (nSPS) is 15.9. The Hall–Kier alpha value is -5.26. The van der Waals surface area contributed by atoms with Gasteiger partial charge < -0.3 is 14.3 Å². The summed E-state index contributed by atoms with van der Waals surface area (Å²) in [4.78, 5) is 0. The Balaban J connectivity index is 1.22. The molecule has 0 fully saturated rings. The molecule has 2 aliphatic rings. The molecule has 0 radical (unpaired) electrons. The zero-order valence-electron chi connectivity index (χ0n) is 36.2.